The lowest BCUT2D eigenvalue weighted by atomic mass is 9.78. The molecule has 0 bridgehead atoms. The standard InChI is InChI=1S/C40H39N7O4S/c1-28-20-21-33(29-22-23-41-35(24-29)50-4)36(43-28)44-38(48)45-52(49,34-25-42-47-26-39(2,3)27-51-37(34)47)46-40(30-14-8-5-9-15-30,31-16-10-6-11-17-31)32-18-12-7-13-19-32/h5-25H,26-27H2,1-4H3,(H2,43,44,45,46,48,49). The fourth-order valence-corrected chi connectivity index (χ4v) is 8.22. The molecule has 1 unspecified atom stereocenters. The first-order chi connectivity index (χ1) is 25.1. The summed E-state index contributed by atoms with van der Waals surface area (Å²) in [6.07, 6.45) is 3.10. The molecule has 52 heavy (non-hydrogen) atoms. The highest BCUT2D eigenvalue weighted by Gasteiger charge is 2.41. The van der Waals surface area contributed by atoms with E-state index in [1.807, 2.05) is 110 Å². The highest BCUT2D eigenvalue weighted by molar-refractivity contribution is 7.92. The smallest absolute Gasteiger partial charge is 0.333 e. The van der Waals surface area contributed by atoms with E-state index in [1.54, 1.807) is 23.0 Å². The summed E-state index contributed by atoms with van der Waals surface area (Å²) in [4.78, 5) is 23.3. The monoisotopic (exact) mass is 713 g/mol. The van der Waals surface area contributed by atoms with Crippen LogP contribution in [-0.4, -0.2) is 43.7 Å². The first-order valence-corrected chi connectivity index (χ1v) is 18.3. The topological polar surface area (TPSA) is 133 Å². The number of hydrogen-bond donors (Lipinski definition) is 2. The van der Waals surface area contributed by atoms with E-state index >= 15 is 4.21 Å². The lowest BCUT2D eigenvalue weighted by molar-refractivity contribution is 0.0971. The maximum atomic E-state index is 16.0. The Hall–Kier alpha value is -6.01. The third-order valence-electron chi connectivity index (χ3n) is 8.83. The van der Waals surface area contributed by atoms with Crippen molar-refractivity contribution >= 4 is 21.8 Å². The number of nitrogens with zero attached hydrogens (tertiary/aromatic N) is 5. The fraction of sp³-hybridized carbons (Fsp3) is 0.200. The molecule has 7 rings (SSSR count). The maximum absolute atomic E-state index is 16.0. The highest BCUT2D eigenvalue weighted by Crippen LogP contribution is 2.44. The summed E-state index contributed by atoms with van der Waals surface area (Å²) in [5, 5.41) is 7.46. The number of hydrogen-bond acceptors (Lipinski definition) is 8. The number of rotatable bonds is 9. The molecule has 0 spiro atoms. The van der Waals surface area contributed by atoms with Gasteiger partial charge < -0.3 is 9.47 Å². The van der Waals surface area contributed by atoms with Crippen LogP contribution >= 0.6 is 0 Å². The number of carbonyl (C=O) groups excluding carboxylic acids is 1. The van der Waals surface area contributed by atoms with E-state index in [9.17, 15) is 4.79 Å². The summed E-state index contributed by atoms with van der Waals surface area (Å²) in [5.41, 5.74) is 2.69. The molecule has 0 saturated carbocycles. The second kappa shape index (κ2) is 14.0. The van der Waals surface area contributed by atoms with Gasteiger partial charge in [-0.15, -0.1) is 0 Å². The zero-order valence-corrected chi connectivity index (χ0v) is 30.1. The van der Waals surface area contributed by atoms with Crippen LogP contribution in [0.2, 0.25) is 0 Å². The number of fused-ring (bicyclic) bond motifs is 1. The lowest BCUT2D eigenvalue weighted by Gasteiger charge is -2.33. The summed E-state index contributed by atoms with van der Waals surface area (Å²) in [5.74, 6) is 0.946. The average Bonchev–Trinajstić information content (AvgIpc) is 3.58. The SMILES string of the molecule is COc1cc(-c2ccc(C)nc2NC(=O)NS(=O)(=NC(c2ccccc2)(c2ccccc2)c2ccccc2)c2cnn3c2OCC(C)(C)C3)ccn1. The minimum atomic E-state index is -3.93. The van der Waals surface area contributed by atoms with Gasteiger partial charge in [-0.05, 0) is 47.4 Å². The van der Waals surface area contributed by atoms with Gasteiger partial charge in [0.15, 0.2) is 9.92 Å². The van der Waals surface area contributed by atoms with Crippen LogP contribution in [0.5, 0.6) is 11.8 Å². The number of aryl methyl sites for hydroxylation is 1. The van der Waals surface area contributed by atoms with Crippen molar-refractivity contribution in [2.24, 2.45) is 9.78 Å². The molecule has 1 aliphatic rings. The molecule has 0 radical (unpaired) electrons. The summed E-state index contributed by atoms with van der Waals surface area (Å²) < 4.78 is 37.4. The zero-order chi connectivity index (χ0) is 36.3. The van der Waals surface area contributed by atoms with Gasteiger partial charge in [-0.25, -0.2) is 28.4 Å². The van der Waals surface area contributed by atoms with Crippen molar-refractivity contribution in [3.63, 3.8) is 0 Å². The first kappa shape index (κ1) is 34.4. The Morgan fingerprint density at radius 1 is 0.923 bits per heavy atom. The molecule has 11 nitrogen and oxygen atoms in total. The van der Waals surface area contributed by atoms with E-state index in [-0.39, 0.29) is 22.0 Å². The van der Waals surface area contributed by atoms with Gasteiger partial charge in [-0.2, -0.15) is 9.46 Å². The number of aromatic nitrogens is 4. The maximum Gasteiger partial charge on any atom is 0.333 e. The van der Waals surface area contributed by atoms with Crippen molar-refractivity contribution < 1.29 is 18.5 Å². The number of methoxy groups -OCH3 is 1. The fourth-order valence-electron chi connectivity index (χ4n) is 6.37. The largest absolute Gasteiger partial charge is 0.481 e. The van der Waals surface area contributed by atoms with E-state index in [2.05, 4.69) is 39.0 Å². The zero-order valence-electron chi connectivity index (χ0n) is 29.3. The van der Waals surface area contributed by atoms with Crippen molar-refractivity contribution in [2.45, 2.75) is 37.8 Å². The molecule has 12 heteroatoms. The van der Waals surface area contributed by atoms with Crippen LogP contribution in [0, 0.1) is 12.3 Å². The molecular formula is C40H39N7O4S. The van der Waals surface area contributed by atoms with Crippen LogP contribution in [0.25, 0.3) is 11.1 Å². The number of urea groups is 1. The molecule has 2 amide bonds. The molecule has 3 aromatic carbocycles. The summed E-state index contributed by atoms with van der Waals surface area (Å²) >= 11 is 0. The number of nitrogens with one attached hydrogen (secondary N) is 2. The average molecular weight is 714 g/mol. The number of anilines is 1. The Morgan fingerprint density at radius 3 is 2.13 bits per heavy atom. The normalized spacial score (nSPS) is 14.6. The quantitative estimate of drug-likeness (QED) is 0.147. The van der Waals surface area contributed by atoms with E-state index in [0.29, 0.717) is 30.3 Å². The Morgan fingerprint density at radius 2 is 1.54 bits per heavy atom. The van der Waals surface area contributed by atoms with Gasteiger partial charge in [0.25, 0.3) is 0 Å². The van der Waals surface area contributed by atoms with Crippen molar-refractivity contribution in [2.75, 3.05) is 19.0 Å². The molecule has 0 fully saturated rings. The van der Waals surface area contributed by atoms with Crippen LogP contribution in [0.4, 0.5) is 10.6 Å². The molecule has 0 aliphatic carbocycles. The van der Waals surface area contributed by atoms with Gasteiger partial charge in [0.1, 0.15) is 16.3 Å². The molecule has 6 aromatic rings. The van der Waals surface area contributed by atoms with Crippen LogP contribution in [0.3, 0.4) is 0 Å². The van der Waals surface area contributed by atoms with Gasteiger partial charge in [0, 0.05) is 28.9 Å². The third-order valence-corrected chi connectivity index (χ3v) is 10.7. The molecule has 1 atom stereocenters. The van der Waals surface area contributed by atoms with Gasteiger partial charge >= 0.3 is 6.03 Å². The second-order valence-corrected chi connectivity index (χ2v) is 15.2. The Kier molecular flexibility index (Phi) is 9.24. The first-order valence-electron chi connectivity index (χ1n) is 16.8. The minimum absolute atomic E-state index is 0.154. The summed E-state index contributed by atoms with van der Waals surface area (Å²) in [6.45, 7) is 6.85. The van der Waals surface area contributed by atoms with Crippen LogP contribution in [0.15, 0.2) is 137 Å². The minimum Gasteiger partial charge on any atom is -0.481 e. The highest BCUT2D eigenvalue weighted by atomic mass is 32.2. The van der Waals surface area contributed by atoms with Crippen molar-refractivity contribution in [3.05, 3.63) is 150 Å². The van der Waals surface area contributed by atoms with Gasteiger partial charge in [0.05, 0.1) is 26.5 Å². The lowest BCUT2D eigenvalue weighted by Crippen LogP contribution is -2.39. The molecular weight excluding hydrogens is 675 g/mol. The van der Waals surface area contributed by atoms with Gasteiger partial charge in [0.2, 0.25) is 11.8 Å². The number of benzene rings is 3. The van der Waals surface area contributed by atoms with Crippen LogP contribution in [0.1, 0.15) is 36.2 Å². The number of amides is 2. The summed E-state index contributed by atoms with van der Waals surface area (Å²) in [7, 11) is -2.39. The number of carbonyl (C=O) groups is 1. The van der Waals surface area contributed by atoms with E-state index < -0.39 is 21.5 Å². The predicted molar refractivity (Wildman–Crippen MR) is 200 cm³/mol. The molecule has 0 saturated heterocycles. The van der Waals surface area contributed by atoms with E-state index in [0.717, 1.165) is 22.3 Å². The van der Waals surface area contributed by atoms with Crippen LogP contribution < -0.4 is 19.5 Å². The van der Waals surface area contributed by atoms with Crippen molar-refractivity contribution in [1.29, 1.82) is 0 Å². The number of pyridine rings is 2. The molecule has 3 aromatic heterocycles. The van der Waals surface area contributed by atoms with Gasteiger partial charge in [-0.3, -0.25) is 5.32 Å². The second-order valence-electron chi connectivity index (χ2n) is 13.3. The summed E-state index contributed by atoms with van der Waals surface area (Å²) in [6, 6.07) is 35.4. The Balaban J connectivity index is 1.44. The van der Waals surface area contributed by atoms with Gasteiger partial charge in [-0.1, -0.05) is 105 Å². The Bertz CT molecular complexity index is 2240. The van der Waals surface area contributed by atoms with Crippen molar-refractivity contribution in [3.8, 4) is 22.9 Å². The third kappa shape index (κ3) is 6.72. The molecule has 2 N–H and O–H groups in total. The van der Waals surface area contributed by atoms with E-state index in [1.165, 1.54) is 13.3 Å². The van der Waals surface area contributed by atoms with Crippen molar-refractivity contribution in [1.82, 2.24) is 24.5 Å². The molecule has 4 heterocycles. The molecule has 264 valence electrons. The van der Waals surface area contributed by atoms with E-state index in [4.69, 9.17) is 13.8 Å². The van der Waals surface area contributed by atoms with Crippen LogP contribution in [-0.2, 0) is 22.0 Å². The molecule has 1 aliphatic heterocycles. The predicted octanol–water partition coefficient (Wildman–Crippen LogP) is 7.63. The Labute approximate surface area is 303 Å². The number of ether oxygens (including phenoxy) is 2.